The maximum atomic E-state index is 12.4. The number of nitrogens with zero attached hydrogens (tertiary/aromatic N) is 6. The van der Waals surface area contributed by atoms with E-state index in [1.807, 2.05) is 18.5 Å². The van der Waals surface area contributed by atoms with Crippen molar-refractivity contribution in [3.05, 3.63) is 11.6 Å². The van der Waals surface area contributed by atoms with Gasteiger partial charge in [0.1, 0.15) is 17.2 Å². The van der Waals surface area contributed by atoms with Gasteiger partial charge in [-0.3, -0.25) is 9.69 Å². The topological polar surface area (TPSA) is 87.3 Å². The van der Waals surface area contributed by atoms with E-state index >= 15 is 0 Å². The third-order valence-electron chi connectivity index (χ3n) is 4.41. The molecule has 2 rings (SSSR count). The lowest BCUT2D eigenvalue weighted by molar-refractivity contribution is -0.136. The molecule has 1 amide bonds. The van der Waals surface area contributed by atoms with Gasteiger partial charge in [-0.1, -0.05) is 0 Å². The number of amides is 1. The van der Waals surface area contributed by atoms with Crippen molar-refractivity contribution in [2.75, 3.05) is 33.3 Å². The summed E-state index contributed by atoms with van der Waals surface area (Å²) >= 11 is 0. The molecule has 24 heavy (non-hydrogen) atoms. The van der Waals surface area contributed by atoms with Gasteiger partial charge in [0.25, 0.3) is 0 Å². The largest absolute Gasteiger partial charge is 0.374 e. The minimum absolute atomic E-state index is 0.0272. The number of ether oxygens (including phenoxy) is 1. The predicted molar refractivity (Wildman–Crippen MR) is 88.1 cm³/mol. The lowest BCUT2D eigenvalue weighted by Gasteiger charge is -2.35. The first-order valence-corrected chi connectivity index (χ1v) is 8.13. The molecule has 1 aliphatic rings. The average Bonchev–Trinajstić information content (AvgIpc) is 2.84. The maximum Gasteiger partial charge on any atom is 0.237 e. The molecule has 0 unspecified atom stereocenters. The number of morpholine rings is 1. The highest BCUT2D eigenvalue weighted by Gasteiger charge is 2.30. The number of carbonyl (C=O) groups excluding carboxylic acids is 1. The number of hydrogen-bond donors (Lipinski definition) is 0. The van der Waals surface area contributed by atoms with Gasteiger partial charge >= 0.3 is 0 Å². The van der Waals surface area contributed by atoms with Gasteiger partial charge in [-0.05, 0) is 27.7 Å². The van der Waals surface area contributed by atoms with Gasteiger partial charge < -0.3 is 9.64 Å². The first kappa shape index (κ1) is 18.4. The Labute approximate surface area is 143 Å². The van der Waals surface area contributed by atoms with E-state index in [2.05, 4.69) is 21.1 Å². The molecule has 0 radical (unpaired) electrons. The second-order valence-corrected chi connectivity index (χ2v) is 6.74. The zero-order valence-corrected chi connectivity index (χ0v) is 15.1. The van der Waals surface area contributed by atoms with E-state index in [4.69, 9.17) is 10.00 Å². The third kappa shape index (κ3) is 4.30. The molecule has 0 saturated carbocycles. The van der Waals surface area contributed by atoms with Crippen molar-refractivity contribution in [3.8, 4) is 6.07 Å². The average molecular weight is 334 g/mol. The summed E-state index contributed by atoms with van der Waals surface area (Å²) in [7, 11) is 1.67. The molecule has 0 N–H and O–H groups in total. The highest BCUT2D eigenvalue weighted by molar-refractivity contribution is 5.79. The Balaban J connectivity index is 1.92. The molecular weight excluding hydrogens is 308 g/mol. The fourth-order valence-corrected chi connectivity index (χ4v) is 2.65. The normalized spacial score (nSPS) is 19.1. The van der Waals surface area contributed by atoms with Crippen LogP contribution in [0.3, 0.4) is 0 Å². The molecule has 8 nitrogen and oxygen atoms in total. The van der Waals surface area contributed by atoms with Gasteiger partial charge in [-0.25, -0.2) is 9.67 Å². The second-order valence-electron chi connectivity index (χ2n) is 6.74. The van der Waals surface area contributed by atoms with Gasteiger partial charge in [0.05, 0.1) is 31.9 Å². The smallest absolute Gasteiger partial charge is 0.237 e. The molecule has 0 aromatic carbocycles. The van der Waals surface area contributed by atoms with Crippen LogP contribution < -0.4 is 0 Å². The summed E-state index contributed by atoms with van der Waals surface area (Å²) in [6.07, 6.45) is -0.0272. The van der Waals surface area contributed by atoms with Gasteiger partial charge in [0.2, 0.25) is 5.91 Å². The summed E-state index contributed by atoms with van der Waals surface area (Å²) in [5, 5.41) is 13.5. The van der Waals surface area contributed by atoms with Crippen LogP contribution in [0.5, 0.6) is 0 Å². The molecule has 1 fully saturated rings. The summed E-state index contributed by atoms with van der Waals surface area (Å²) < 4.78 is 7.64. The van der Waals surface area contributed by atoms with E-state index in [0.29, 0.717) is 26.2 Å². The van der Waals surface area contributed by atoms with Crippen LogP contribution in [0.4, 0.5) is 0 Å². The molecule has 1 aromatic heterocycles. The number of aromatic nitrogens is 3. The van der Waals surface area contributed by atoms with E-state index in [9.17, 15) is 4.79 Å². The maximum absolute atomic E-state index is 12.4. The van der Waals surface area contributed by atoms with Crippen LogP contribution in [-0.2, 0) is 16.1 Å². The molecule has 1 atom stereocenters. The number of hydrogen-bond acceptors (Lipinski definition) is 6. The van der Waals surface area contributed by atoms with E-state index in [0.717, 1.165) is 11.6 Å². The second kappa shape index (κ2) is 7.28. The first-order chi connectivity index (χ1) is 11.2. The van der Waals surface area contributed by atoms with E-state index < -0.39 is 5.54 Å². The fourth-order valence-electron chi connectivity index (χ4n) is 2.65. The van der Waals surface area contributed by atoms with Gasteiger partial charge in [-0.15, -0.1) is 0 Å². The van der Waals surface area contributed by atoms with Crippen molar-refractivity contribution in [3.63, 3.8) is 0 Å². The third-order valence-corrected chi connectivity index (χ3v) is 4.41. The van der Waals surface area contributed by atoms with Crippen LogP contribution in [0, 0.1) is 25.2 Å². The lowest BCUT2D eigenvalue weighted by Crippen LogP contribution is -2.52. The van der Waals surface area contributed by atoms with Crippen molar-refractivity contribution in [2.24, 2.45) is 0 Å². The number of aryl methyl sites for hydroxylation is 2. The van der Waals surface area contributed by atoms with Gasteiger partial charge in [0, 0.05) is 20.1 Å². The molecule has 1 aromatic rings. The zero-order valence-electron chi connectivity index (χ0n) is 15.1. The summed E-state index contributed by atoms with van der Waals surface area (Å²) in [5.74, 6) is 1.55. The van der Waals surface area contributed by atoms with E-state index in [1.165, 1.54) is 4.90 Å². The van der Waals surface area contributed by atoms with E-state index in [-0.39, 0.29) is 18.6 Å². The molecule has 2 heterocycles. The molecule has 1 aliphatic heterocycles. The van der Waals surface area contributed by atoms with Crippen LogP contribution in [-0.4, -0.2) is 75.4 Å². The van der Waals surface area contributed by atoms with Gasteiger partial charge in [0.15, 0.2) is 0 Å². The van der Waals surface area contributed by atoms with Crippen LogP contribution in [0.25, 0.3) is 0 Å². The summed E-state index contributed by atoms with van der Waals surface area (Å²) in [4.78, 5) is 20.3. The minimum atomic E-state index is -0.807. The fraction of sp³-hybridized carbons (Fsp3) is 0.750. The Morgan fingerprint density at radius 2 is 2.21 bits per heavy atom. The highest BCUT2D eigenvalue weighted by Crippen LogP contribution is 2.13. The molecule has 132 valence electrons. The Morgan fingerprint density at radius 3 is 2.79 bits per heavy atom. The summed E-state index contributed by atoms with van der Waals surface area (Å²) in [5.41, 5.74) is -0.807. The van der Waals surface area contributed by atoms with Crippen molar-refractivity contribution >= 4 is 5.91 Å². The zero-order chi connectivity index (χ0) is 17.9. The van der Waals surface area contributed by atoms with Crippen molar-refractivity contribution in [1.29, 1.82) is 5.26 Å². The molecule has 0 aliphatic carbocycles. The number of rotatable bonds is 5. The Kier molecular flexibility index (Phi) is 5.57. The van der Waals surface area contributed by atoms with Crippen LogP contribution in [0.15, 0.2) is 0 Å². The monoisotopic (exact) mass is 334 g/mol. The van der Waals surface area contributed by atoms with Gasteiger partial charge in [-0.2, -0.15) is 10.4 Å². The first-order valence-electron chi connectivity index (χ1n) is 8.13. The Morgan fingerprint density at radius 1 is 1.50 bits per heavy atom. The molecule has 8 heteroatoms. The van der Waals surface area contributed by atoms with Crippen molar-refractivity contribution < 1.29 is 9.53 Å². The Hall–Kier alpha value is -1.98. The minimum Gasteiger partial charge on any atom is -0.374 e. The lowest BCUT2D eigenvalue weighted by atomic mass is 10.1. The molecule has 0 spiro atoms. The highest BCUT2D eigenvalue weighted by atomic mass is 16.5. The summed E-state index contributed by atoms with van der Waals surface area (Å²) in [6, 6.07) is 2.15. The summed E-state index contributed by atoms with van der Waals surface area (Å²) in [6.45, 7) is 10.1. The number of likely N-dealkylation sites (N-methyl/N-ethyl adjacent to an activating group) is 1. The number of nitriles is 1. The Bertz CT molecular complexity index is 633. The van der Waals surface area contributed by atoms with E-state index in [1.54, 1.807) is 20.9 Å². The standard InChI is InChI=1S/C16H26N6O2/c1-12-18-13(2)22(19-12)9-14-8-21(6-7-24-14)10-15(23)20(5)16(3,4)11-17/h14H,6-10H2,1-5H3/t14-/m1/s1. The molecule has 1 saturated heterocycles. The van der Waals surface area contributed by atoms with Crippen molar-refractivity contribution in [1.82, 2.24) is 24.6 Å². The SMILES string of the molecule is Cc1nc(C)n(C[C@H]2CN(CC(=O)N(C)C(C)(C)C#N)CCO2)n1. The molecular formula is C16H26N6O2. The van der Waals surface area contributed by atoms with Crippen LogP contribution in [0.2, 0.25) is 0 Å². The van der Waals surface area contributed by atoms with Crippen molar-refractivity contribution in [2.45, 2.75) is 45.9 Å². The molecule has 0 bridgehead atoms. The quantitative estimate of drug-likeness (QED) is 0.772. The van der Waals surface area contributed by atoms with Crippen LogP contribution >= 0.6 is 0 Å². The predicted octanol–water partition coefficient (Wildman–Crippen LogP) is 0.356. The number of carbonyl (C=O) groups is 1. The van der Waals surface area contributed by atoms with Crippen LogP contribution in [0.1, 0.15) is 25.5 Å².